The predicted molar refractivity (Wildman–Crippen MR) is 82.6 cm³/mol. The van der Waals surface area contributed by atoms with Gasteiger partial charge in [0.15, 0.2) is 5.78 Å². The molecule has 2 rings (SSSR count). The van der Waals surface area contributed by atoms with Gasteiger partial charge in [-0.1, -0.05) is 42.5 Å². The number of hydrogen-bond acceptors (Lipinski definition) is 3. The number of benzene rings is 2. The van der Waals surface area contributed by atoms with Gasteiger partial charge in [0.05, 0.1) is 4.92 Å². The molecule has 0 radical (unpaired) electrons. The monoisotopic (exact) mass is 279 g/mol. The summed E-state index contributed by atoms with van der Waals surface area (Å²) in [5, 5.41) is 10.5. The molecule has 0 aromatic heterocycles. The number of allylic oxidation sites excluding steroid dienone is 2. The number of hydrogen-bond donors (Lipinski definition) is 0. The predicted octanol–water partition coefficient (Wildman–Crippen LogP) is 3.89. The maximum atomic E-state index is 11.7. The number of carbonyl (C=O) groups excluding carboxylic acids is 1. The largest absolute Gasteiger partial charge is 0.290 e. The van der Waals surface area contributed by atoms with Crippen molar-refractivity contribution in [1.82, 2.24) is 0 Å². The zero-order chi connectivity index (χ0) is 15.1. The lowest BCUT2D eigenvalue weighted by Gasteiger charge is -1.93. The molecule has 0 bridgehead atoms. The quantitative estimate of drug-likeness (QED) is 0.474. The van der Waals surface area contributed by atoms with Crippen LogP contribution >= 0.6 is 0 Å². The Balaban J connectivity index is 1.99. The zero-order valence-corrected chi connectivity index (χ0v) is 11.2. The molecule has 0 atom stereocenters. The average molecular weight is 279 g/mol. The van der Waals surface area contributed by atoms with Crippen molar-refractivity contribution in [3.8, 4) is 0 Å². The number of ketones is 1. The number of nitro groups is 1. The molecule has 0 amide bonds. The van der Waals surface area contributed by atoms with E-state index >= 15 is 0 Å². The summed E-state index contributed by atoms with van der Waals surface area (Å²) in [5.74, 6) is -0.141. The summed E-state index contributed by atoms with van der Waals surface area (Å²) in [5.41, 5.74) is 1.72. The van der Waals surface area contributed by atoms with Crippen molar-refractivity contribution in [3.63, 3.8) is 0 Å². The standard InChI is InChI=1S/C17H13NO3/c19-17(12-8-14-4-2-1-3-5-14)13-9-15-6-10-16(11-7-15)18(20)21/h1-13H/b12-8+,13-9+. The third kappa shape index (κ3) is 4.54. The zero-order valence-electron chi connectivity index (χ0n) is 11.2. The fourth-order valence-electron chi connectivity index (χ4n) is 1.68. The first-order valence-electron chi connectivity index (χ1n) is 6.35. The van der Waals surface area contributed by atoms with Crippen LogP contribution in [0.1, 0.15) is 11.1 Å². The van der Waals surface area contributed by atoms with E-state index in [-0.39, 0.29) is 11.5 Å². The van der Waals surface area contributed by atoms with Gasteiger partial charge < -0.3 is 0 Å². The molecule has 104 valence electrons. The van der Waals surface area contributed by atoms with Crippen LogP contribution in [0.3, 0.4) is 0 Å². The Labute approximate surface area is 122 Å². The van der Waals surface area contributed by atoms with Crippen molar-refractivity contribution in [2.75, 3.05) is 0 Å². The second-order valence-corrected chi connectivity index (χ2v) is 4.33. The third-order valence-electron chi connectivity index (χ3n) is 2.78. The lowest BCUT2D eigenvalue weighted by atomic mass is 10.1. The molecule has 0 aliphatic rings. The highest BCUT2D eigenvalue weighted by Gasteiger charge is 2.02. The molecule has 0 saturated heterocycles. The van der Waals surface area contributed by atoms with Crippen LogP contribution in [-0.4, -0.2) is 10.7 Å². The third-order valence-corrected chi connectivity index (χ3v) is 2.78. The van der Waals surface area contributed by atoms with Gasteiger partial charge in [0, 0.05) is 12.1 Å². The SMILES string of the molecule is O=C(/C=C/c1ccccc1)/C=C/c1ccc([N+](=O)[O-])cc1. The molecule has 0 heterocycles. The second-order valence-electron chi connectivity index (χ2n) is 4.33. The Kier molecular flexibility index (Phi) is 4.77. The van der Waals surface area contributed by atoms with E-state index in [1.165, 1.54) is 24.3 Å². The Morgan fingerprint density at radius 2 is 1.38 bits per heavy atom. The van der Waals surface area contributed by atoms with Crippen LogP contribution in [0.15, 0.2) is 66.7 Å². The number of non-ortho nitro benzene ring substituents is 1. The summed E-state index contributed by atoms with van der Waals surface area (Å²) < 4.78 is 0. The van der Waals surface area contributed by atoms with Crippen LogP contribution in [0.25, 0.3) is 12.2 Å². The minimum atomic E-state index is -0.457. The highest BCUT2D eigenvalue weighted by Crippen LogP contribution is 2.12. The van der Waals surface area contributed by atoms with Gasteiger partial charge in [-0.15, -0.1) is 0 Å². The molecule has 2 aromatic carbocycles. The molecule has 0 saturated carbocycles. The van der Waals surface area contributed by atoms with E-state index in [1.54, 1.807) is 24.3 Å². The summed E-state index contributed by atoms with van der Waals surface area (Å²) >= 11 is 0. The Morgan fingerprint density at radius 3 is 1.90 bits per heavy atom. The van der Waals surface area contributed by atoms with Crippen LogP contribution in [0, 0.1) is 10.1 Å². The molecule has 2 aromatic rings. The molecule has 0 aliphatic heterocycles. The summed E-state index contributed by atoms with van der Waals surface area (Å²) in [4.78, 5) is 21.7. The van der Waals surface area contributed by atoms with Gasteiger partial charge in [0.25, 0.3) is 5.69 Å². The molecule has 4 heteroatoms. The van der Waals surface area contributed by atoms with Crippen LogP contribution < -0.4 is 0 Å². The lowest BCUT2D eigenvalue weighted by molar-refractivity contribution is -0.384. The summed E-state index contributed by atoms with van der Waals surface area (Å²) in [7, 11) is 0. The molecular formula is C17H13NO3. The van der Waals surface area contributed by atoms with Crippen LogP contribution in [0.5, 0.6) is 0 Å². The minimum Gasteiger partial charge on any atom is -0.290 e. The molecule has 0 spiro atoms. The van der Waals surface area contributed by atoms with Gasteiger partial charge in [-0.05, 0) is 35.4 Å². The van der Waals surface area contributed by atoms with E-state index in [1.807, 2.05) is 30.3 Å². The fourth-order valence-corrected chi connectivity index (χ4v) is 1.68. The highest BCUT2D eigenvalue weighted by molar-refractivity contribution is 6.04. The molecule has 0 unspecified atom stereocenters. The molecule has 21 heavy (non-hydrogen) atoms. The maximum Gasteiger partial charge on any atom is 0.269 e. The van der Waals surface area contributed by atoms with Crippen molar-refractivity contribution in [1.29, 1.82) is 0 Å². The second kappa shape index (κ2) is 6.96. The van der Waals surface area contributed by atoms with Gasteiger partial charge in [-0.2, -0.15) is 0 Å². The summed E-state index contributed by atoms with van der Waals surface area (Å²) in [6, 6.07) is 15.5. The Bertz CT molecular complexity index is 686. The summed E-state index contributed by atoms with van der Waals surface area (Å²) in [6.45, 7) is 0. The van der Waals surface area contributed by atoms with Gasteiger partial charge >= 0.3 is 0 Å². The first kappa shape index (κ1) is 14.4. The summed E-state index contributed by atoms with van der Waals surface area (Å²) in [6.07, 6.45) is 6.28. The molecular weight excluding hydrogens is 266 g/mol. The Hall–Kier alpha value is -3.01. The van der Waals surface area contributed by atoms with E-state index in [4.69, 9.17) is 0 Å². The van der Waals surface area contributed by atoms with E-state index in [9.17, 15) is 14.9 Å². The first-order valence-corrected chi connectivity index (χ1v) is 6.35. The van der Waals surface area contributed by atoms with Crippen molar-refractivity contribution in [2.24, 2.45) is 0 Å². The molecule has 4 nitrogen and oxygen atoms in total. The van der Waals surface area contributed by atoms with Crippen molar-refractivity contribution in [3.05, 3.63) is 88.0 Å². The van der Waals surface area contributed by atoms with Gasteiger partial charge in [-0.25, -0.2) is 0 Å². The molecule has 0 aliphatic carbocycles. The average Bonchev–Trinajstić information content (AvgIpc) is 2.52. The van der Waals surface area contributed by atoms with Gasteiger partial charge in [0.2, 0.25) is 0 Å². The van der Waals surface area contributed by atoms with E-state index in [0.29, 0.717) is 0 Å². The number of nitro benzene ring substituents is 1. The smallest absolute Gasteiger partial charge is 0.269 e. The van der Waals surface area contributed by atoms with E-state index in [2.05, 4.69) is 0 Å². The van der Waals surface area contributed by atoms with Crippen molar-refractivity contribution in [2.45, 2.75) is 0 Å². The van der Waals surface area contributed by atoms with E-state index < -0.39 is 4.92 Å². The van der Waals surface area contributed by atoms with Gasteiger partial charge in [0.1, 0.15) is 0 Å². The van der Waals surface area contributed by atoms with Crippen molar-refractivity contribution < 1.29 is 9.72 Å². The number of rotatable bonds is 5. The molecule has 0 N–H and O–H groups in total. The fraction of sp³-hybridized carbons (Fsp3) is 0. The normalized spacial score (nSPS) is 11.0. The van der Waals surface area contributed by atoms with Crippen molar-refractivity contribution >= 4 is 23.6 Å². The van der Waals surface area contributed by atoms with Crippen LogP contribution in [-0.2, 0) is 4.79 Å². The number of carbonyl (C=O) groups is 1. The lowest BCUT2D eigenvalue weighted by Crippen LogP contribution is -1.87. The van der Waals surface area contributed by atoms with E-state index in [0.717, 1.165) is 11.1 Å². The highest BCUT2D eigenvalue weighted by atomic mass is 16.6. The topological polar surface area (TPSA) is 60.2 Å². The van der Waals surface area contributed by atoms with Crippen LogP contribution in [0.2, 0.25) is 0 Å². The Morgan fingerprint density at radius 1 is 0.857 bits per heavy atom. The van der Waals surface area contributed by atoms with Gasteiger partial charge in [-0.3, -0.25) is 14.9 Å². The maximum absolute atomic E-state index is 11.7. The molecule has 0 fully saturated rings. The van der Waals surface area contributed by atoms with Crippen LogP contribution in [0.4, 0.5) is 5.69 Å². The minimum absolute atomic E-state index is 0.0300. The first-order chi connectivity index (χ1) is 10.1. The number of nitrogens with zero attached hydrogens (tertiary/aromatic N) is 1.